The maximum atomic E-state index is 13.2. The number of aryl methyl sites for hydroxylation is 2. The molecular formula is C24H27N5O3S. The molecule has 0 bridgehead atoms. The van der Waals surface area contributed by atoms with E-state index in [2.05, 4.69) is 20.4 Å². The van der Waals surface area contributed by atoms with Gasteiger partial charge in [-0.1, -0.05) is 23.4 Å². The van der Waals surface area contributed by atoms with E-state index in [0.29, 0.717) is 43.3 Å². The van der Waals surface area contributed by atoms with E-state index in [4.69, 9.17) is 4.52 Å². The van der Waals surface area contributed by atoms with Gasteiger partial charge >= 0.3 is 0 Å². The van der Waals surface area contributed by atoms with Crippen molar-refractivity contribution in [3.8, 4) is 0 Å². The van der Waals surface area contributed by atoms with Crippen LogP contribution in [0.3, 0.4) is 0 Å². The second kappa shape index (κ2) is 10.6. The molecule has 0 spiro atoms. The quantitative estimate of drug-likeness (QED) is 0.535. The van der Waals surface area contributed by atoms with Gasteiger partial charge in [-0.15, -0.1) is 11.8 Å². The van der Waals surface area contributed by atoms with Crippen LogP contribution in [-0.2, 0) is 10.5 Å². The van der Waals surface area contributed by atoms with Crippen LogP contribution in [0.25, 0.3) is 0 Å². The lowest BCUT2D eigenvalue weighted by atomic mass is 10.2. The first-order valence-corrected chi connectivity index (χ1v) is 11.8. The molecule has 1 N–H and O–H groups in total. The Balaban J connectivity index is 1.29. The van der Waals surface area contributed by atoms with Gasteiger partial charge in [0, 0.05) is 49.1 Å². The minimum Gasteiger partial charge on any atom is -0.361 e. The standard InChI is InChI=1S/C24H27N5O3S/c1-17-7-8-22(25-14-17)26-23(30)15-28-9-11-29(12-10-28)24(31)20-5-3-4-6-21(20)33-16-19-13-18(2)32-27-19/h3-8,13-14H,9-12,15-16H2,1-2H3,(H,25,26,30). The van der Waals surface area contributed by atoms with Crippen LogP contribution in [0, 0.1) is 13.8 Å². The highest BCUT2D eigenvalue weighted by atomic mass is 32.2. The maximum Gasteiger partial charge on any atom is 0.255 e. The molecule has 1 saturated heterocycles. The molecule has 2 aromatic heterocycles. The molecule has 0 unspecified atom stereocenters. The lowest BCUT2D eigenvalue weighted by Crippen LogP contribution is -2.50. The number of hydrogen-bond acceptors (Lipinski definition) is 7. The third-order valence-electron chi connectivity index (χ3n) is 5.38. The number of amides is 2. The van der Waals surface area contributed by atoms with E-state index in [-0.39, 0.29) is 18.4 Å². The number of carbonyl (C=O) groups excluding carboxylic acids is 2. The predicted molar refractivity (Wildman–Crippen MR) is 127 cm³/mol. The largest absolute Gasteiger partial charge is 0.361 e. The van der Waals surface area contributed by atoms with Crippen molar-refractivity contribution in [1.29, 1.82) is 0 Å². The van der Waals surface area contributed by atoms with Crippen LogP contribution >= 0.6 is 11.8 Å². The molecule has 2 amide bonds. The van der Waals surface area contributed by atoms with Gasteiger partial charge in [0.2, 0.25) is 5.91 Å². The van der Waals surface area contributed by atoms with Crippen molar-refractivity contribution < 1.29 is 14.1 Å². The number of benzene rings is 1. The highest BCUT2D eigenvalue weighted by Gasteiger charge is 2.25. The average molecular weight is 466 g/mol. The SMILES string of the molecule is Cc1ccc(NC(=O)CN2CCN(C(=O)c3ccccc3SCc3cc(C)on3)CC2)nc1. The summed E-state index contributed by atoms with van der Waals surface area (Å²) in [5, 5.41) is 6.85. The van der Waals surface area contributed by atoms with Crippen molar-refractivity contribution in [3.63, 3.8) is 0 Å². The number of rotatable bonds is 7. The zero-order chi connectivity index (χ0) is 23.2. The van der Waals surface area contributed by atoms with Crippen LogP contribution in [0.4, 0.5) is 5.82 Å². The molecule has 172 valence electrons. The topological polar surface area (TPSA) is 91.6 Å². The molecule has 3 aromatic rings. The van der Waals surface area contributed by atoms with Crippen molar-refractivity contribution >= 4 is 29.4 Å². The summed E-state index contributed by atoms with van der Waals surface area (Å²) in [4.78, 5) is 34.6. The number of carbonyl (C=O) groups is 2. The fraction of sp³-hybridized carbons (Fsp3) is 0.333. The minimum absolute atomic E-state index is 0.0161. The first-order valence-electron chi connectivity index (χ1n) is 10.9. The molecule has 1 aliphatic heterocycles. The zero-order valence-corrected chi connectivity index (χ0v) is 19.6. The summed E-state index contributed by atoms with van der Waals surface area (Å²) in [6, 6.07) is 13.3. The number of anilines is 1. The van der Waals surface area contributed by atoms with E-state index in [1.54, 1.807) is 24.0 Å². The molecule has 8 nitrogen and oxygen atoms in total. The van der Waals surface area contributed by atoms with Crippen LogP contribution in [0.5, 0.6) is 0 Å². The number of piperazine rings is 1. The number of hydrogen-bond donors (Lipinski definition) is 1. The molecule has 0 radical (unpaired) electrons. The van der Waals surface area contributed by atoms with Gasteiger partial charge in [-0.3, -0.25) is 14.5 Å². The highest BCUT2D eigenvalue weighted by molar-refractivity contribution is 7.98. The van der Waals surface area contributed by atoms with Crippen molar-refractivity contribution in [2.45, 2.75) is 24.5 Å². The molecule has 0 aliphatic carbocycles. The molecule has 9 heteroatoms. The smallest absolute Gasteiger partial charge is 0.255 e. The minimum atomic E-state index is -0.101. The van der Waals surface area contributed by atoms with Crippen LogP contribution in [0.2, 0.25) is 0 Å². The zero-order valence-electron chi connectivity index (χ0n) is 18.8. The van der Waals surface area contributed by atoms with Gasteiger partial charge in [0.25, 0.3) is 5.91 Å². The Morgan fingerprint density at radius 1 is 1.09 bits per heavy atom. The normalized spacial score (nSPS) is 14.3. The molecule has 4 rings (SSSR count). The monoisotopic (exact) mass is 465 g/mol. The Morgan fingerprint density at radius 3 is 2.58 bits per heavy atom. The van der Waals surface area contributed by atoms with Crippen molar-refractivity contribution in [1.82, 2.24) is 19.9 Å². The highest BCUT2D eigenvalue weighted by Crippen LogP contribution is 2.27. The van der Waals surface area contributed by atoms with Gasteiger partial charge in [0.15, 0.2) is 0 Å². The predicted octanol–water partition coefficient (Wildman–Crippen LogP) is 3.38. The van der Waals surface area contributed by atoms with Crippen LogP contribution in [-0.4, -0.2) is 64.5 Å². The summed E-state index contributed by atoms with van der Waals surface area (Å²) in [6.45, 7) is 6.55. The van der Waals surface area contributed by atoms with E-state index in [1.165, 1.54) is 0 Å². The van der Waals surface area contributed by atoms with E-state index in [0.717, 1.165) is 21.9 Å². The second-order valence-corrected chi connectivity index (χ2v) is 9.07. The molecule has 0 atom stereocenters. The molecule has 3 heterocycles. The third-order valence-corrected chi connectivity index (χ3v) is 6.48. The number of thioether (sulfide) groups is 1. The summed E-state index contributed by atoms with van der Waals surface area (Å²) < 4.78 is 5.13. The Kier molecular flexibility index (Phi) is 7.41. The fourth-order valence-electron chi connectivity index (χ4n) is 3.61. The molecule has 0 saturated carbocycles. The van der Waals surface area contributed by atoms with E-state index < -0.39 is 0 Å². The summed E-state index contributed by atoms with van der Waals surface area (Å²) in [7, 11) is 0. The van der Waals surface area contributed by atoms with Crippen LogP contribution in [0.1, 0.15) is 27.4 Å². The number of nitrogens with one attached hydrogen (secondary N) is 1. The summed E-state index contributed by atoms with van der Waals surface area (Å²) in [5.74, 6) is 1.88. The van der Waals surface area contributed by atoms with Gasteiger partial charge in [-0.05, 0) is 37.6 Å². The van der Waals surface area contributed by atoms with Crippen molar-refractivity contribution in [3.05, 3.63) is 71.2 Å². The lowest BCUT2D eigenvalue weighted by molar-refractivity contribution is -0.117. The maximum absolute atomic E-state index is 13.2. The Labute approximate surface area is 197 Å². The third kappa shape index (κ3) is 6.21. The number of nitrogens with zero attached hydrogens (tertiary/aromatic N) is 4. The first kappa shape index (κ1) is 23.0. The summed E-state index contributed by atoms with van der Waals surface area (Å²) in [6.07, 6.45) is 1.73. The summed E-state index contributed by atoms with van der Waals surface area (Å²) >= 11 is 1.58. The lowest BCUT2D eigenvalue weighted by Gasteiger charge is -2.34. The Hall–Kier alpha value is -3.17. The van der Waals surface area contributed by atoms with Gasteiger partial charge < -0.3 is 14.7 Å². The summed E-state index contributed by atoms with van der Waals surface area (Å²) in [5.41, 5.74) is 2.59. The first-order chi connectivity index (χ1) is 16.0. The van der Waals surface area contributed by atoms with Gasteiger partial charge in [-0.25, -0.2) is 4.98 Å². The molecule has 1 aromatic carbocycles. The van der Waals surface area contributed by atoms with E-state index in [9.17, 15) is 9.59 Å². The van der Waals surface area contributed by atoms with E-state index in [1.807, 2.05) is 55.1 Å². The van der Waals surface area contributed by atoms with Crippen LogP contribution < -0.4 is 5.32 Å². The average Bonchev–Trinajstić information content (AvgIpc) is 3.24. The molecule has 1 fully saturated rings. The van der Waals surface area contributed by atoms with Crippen molar-refractivity contribution in [2.24, 2.45) is 0 Å². The van der Waals surface area contributed by atoms with Gasteiger partial charge in [0.05, 0.1) is 17.8 Å². The van der Waals surface area contributed by atoms with Gasteiger partial charge in [0.1, 0.15) is 11.6 Å². The van der Waals surface area contributed by atoms with Crippen LogP contribution in [0.15, 0.2) is 58.1 Å². The fourth-order valence-corrected chi connectivity index (χ4v) is 4.54. The van der Waals surface area contributed by atoms with Gasteiger partial charge in [-0.2, -0.15) is 0 Å². The number of aromatic nitrogens is 2. The Bertz CT molecular complexity index is 1110. The Morgan fingerprint density at radius 2 is 1.88 bits per heavy atom. The second-order valence-electron chi connectivity index (χ2n) is 8.05. The molecule has 1 aliphatic rings. The number of pyridine rings is 1. The molecular weight excluding hydrogens is 438 g/mol. The van der Waals surface area contributed by atoms with E-state index >= 15 is 0 Å². The van der Waals surface area contributed by atoms with Crippen molar-refractivity contribution in [2.75, 3.05) is 38.0 Å². The molecule has 33 heavy (non-hydrogen) atoms.